The van der Waals surface area contributed by atoms with Gasteiger partial charge in [0.15, 0.2) is 11.5 Å². The van der Waals surface area contributed by atoms with E-state index in [2.05, 4.69) is 10.0 Å². The van der Waals surface area contributed by atoms with Gasteiger partial charge in [-0.1, -0.05) is 6.07 Å². The van der Waals surface area contributed by atoms with Crippen molar-refractivity contribution in [2.45, 2.75) is 24.4 Å². The highest BCUT2D eigenvalue weighted by Gasteiger charge is 2.18. The molecule has 1 amide bonds. The van der Waals surface area contributed by atoms with Crippen LogP contribution in [-0.2, 0) is 21.3 Å². The molecule has 2 aromatic rings. The summed E-state index contributed by atoms with van der Waals surface area (Å²) in [6.45, 7) is 2.48. The van der Waals surface area contributed by atoms with E-state index in [4.69, 9.17) is 14.2 Å². The number of carbonyl (C=O) groups excluding carboxylic acids is 1. The molecule has 0 saturated heterocycles. The summed E-state index contributed by atoms with van der Waals surface area (Å²) in [4.78, 5) is 12.4. The van der Waals surface area contributed by atoms with Crippen LogP contribution in [0, 0.1) is 0 Å². The highest BCUT2D eigenvalue weighted by Crippen LogP contribution is 2.32. The van der Waals surface area contributed by atoms with Crippen molar-refractivity contribution < 1.29 is 27.4 Å². The highest BCUT2D eigenvalue weighted by atomic mass is 32.2. The standard InChI is InChI=1S/C19H22N2O6S/c1-13(11-25-2)21-28(23,24)16-6-4-15(5-7-16)19(22)20-10-14-3-8-17-18(9-14)27-12-26-17/h3-9,13,21H,10-12H2,1-2H3,(H,20,22)/t13-/m1/s1. The third-order valence-corrected chi connectivity index (χ3v) is 5.70. The third-order valence-electron chi connectivity index (χ3n) is 4.09. The number of carbonyl (C=O) groups is 1. The van der Waals surface area contributed by atoms with E-state index in [9.17, 15) is 13.2 Å². The van der Waals surface area contributed by atoms with Crippen LogP contribution in [0.15, 0.2) is 47.4 Å². The van der Waals surface area contributed by atoms with Crippen molar-refractivity contribution in [2.75, 3.05) is 20.5 Å². The number of nitrogens with one attached hydrogen (secondary N) is 2. The van der Waals surface area contributed by atoms with Crippen LogP contribution < -0.4 is 19.5 Å². The minimum atomic E-state index is -3.67. The number of hydrogen-bond donors (Lipinski definition) is 2. The molecule has 2 N–H and O–H groups in total. The van der Waals surface area contributed by atoms with Crippen LogP contribution in [0.1, 0.15) is 22.8 Å². The van der Waals surface area contributed by atoms with Crippen molar-refractivity contribution in [3.8, 4) is 11.5 Å². The lowest BCUT2D eigenvalue weighted by Crippen LogP contribution is -2.35. The van der Waals surface area contributed by atoms with Gasteiger partial charge in [-0.25, -0.2) is 13.1 Å². The second-order valence-corrected chi connectivity index (χ2v) is 8.09. The van der Waals surface area contributed by atoms with E-state index < -0.39 is 10.0 Å². The minimum absolute atomic E-state index is 0.0859. The van der Waals surface area contributed by atoms with E-state index in [1.165, 1.54) is 31.4 Å². The topological polar surface area (TPSA) is 103 Å². The van der Waals surface area contributed by atoms with Crippen molar-refractivity contribution >= 4 is 15.9 Å². The Morgan fingerprint density at radius 1 is 1.14 bits per heavy atom. The average Bonchev–Trinajstić information content (AvgIpc) is 3.14. The van der Waals surface area contributed by atoms with Gasteiger partial charge in [-0.2, -0.15) is 0 Å². The first-order chi connectivity index (χ1) is 13.4. The Labute approximate surface area is 163 Å². The van der Waals surface area contributed by atoms with Gasteiger partial charge in [0, 0.05) is 25.3 Å². The van der Waals surface area contributed by atoms with Crippen molar-refractivity contribution in [1.29, 1.82) is 0 Å². The van der Waals surface area contributed by atoms with Crippen molar-refractivity contribution in [2.24, 2.45) is 0 Å². The van der Waals surface area contributed by atoms with Crippen LogP contribution in [-0.4, -0.2) is 40.9 Å². The van der Waals surface area contributed by atoms with Crippen LogP contribution >= 0.6 is 0 Å². The molecular weight excluding hydrogens is 384 g/mol. The molecular formula is C19H22N2O6S. The van der Waals surface area contributed by atoms with Gasteiger partial charge in [-0.15, -0.1) is 0 Å². The van der Waals surface area contributed by atoms with E-state index in [1.54, 1.807) is 13.0 Å². The Hall–Kier alpha value is -2.62. The molecule has 1 heterocycles. The van der Waals surface area contributed by atoms with Gasteiger partial charge in [0.05, 0.1) is 11.5 Å². The summed E-state index contributed by atoms with van der Waals surface area (Å²) >= 11 is 0. The van der Waals surface area contributed by atoms with E-state index in [-0.39, 0.29) is 30.2 Å². The molecule has 0 spiro atoms. The van der Waals surface area contributed by atoms with Crippen LogP contribution in [0.25, 0.3) is 0 Å². The van der Waals surface area contributed by atoms with Crippen molar-refractivity contribution in [3.05, 3.63) is 53.6 Å². The maximum Gasteiger partial charge on any atom is 0.251 e. The molecule has 0 unspecified atom stereocenters. The number of ether oxygens (including phenoxy) is 3. The number of rotatable bonds is 8. The zero-order valence-corrected chi connectivity index (χ0v) is 16.4. The first kappa shape index (κ1) is 20.1. The molecule has 9 heteroatoms. The van der Waals surface area contributed by atoms with Gasteiger partial charge in [0.25, 0.3) is 5.91 Å². The van der Waals surface area contributed by atoms with Crippen molar-refractivity contribution in [3.63, 3.8) is 0 Å². The lowest BCUT2D eigenvalue weighted by molar-refractivity contribution is 0.0950. The highest BCUT2D eigenvalue weighted by molar-refractivity contribution is 7.89. The fourth-order valence-electron chi connectivity index (χ4n) is 2.74. The second-order valence-electron chi connectivity index (χ2n) is 6.37. The summed E-state index contributed by atoms with van der Waals surface area (Å²) in [6.07, 6.45) is 0. The quantitative estimate of drug-likeness (QED) is 0.691. The summed E-state index contributed by atoms with van der Waals surface area (Å²) < 4.78 is 42.6. The molecule has 0 fully saturated rings. The Morgan fingerprint density at radius 2 is 1.86 bits per heavy atom. The molecule has 28 heavy (non-hydrogen) atoms. The zero-order valence-electron chi connectivity index (χ0n) is 15.6. The van der Waals surface area contributed by atoms with Crippen LogP contribution in [0.3, 0.4) is 0 Å². The largest absolute Gasteiger partial charge is 0.454 e. The number of hydrogen-bond acceptors (Lipinski definition) is 6. The molecule has 0 bridgehead atoms. The van der Waals surface area contributed by atoms with Gasteiger partial charge in [-0.3, -0.25) is 4.79 Å². The second kappa shape index (κ2) is 8.59. The Morgan fingerprint density at radius 3 is 2.57 bits per heavy atom. The Bertz CT molecular complexity index is 943. The fraction of sp³-hybridized carbons (Fsp3) is 0.316. The molecule has 1 aliphatic rings. The predicted octanol–water partition coefficient (Wildman–Crippen LogP) is 1.66. The number of benzene rings is 2. The monoisotopic (exact) mass is 406 g/mol. The smallest absolute Gasteiger partial charge is 0.251 e. The molecule has 1 aliphatic heterocycles. The van der Waals surface area contributed by atoms with E-state index in [0.717, 1.165) is 5.56 Å². The molecule has 1 atom stereocenters. The molecule has 0 aromatic heterocycles. The van der Waals surface area contributed by atoms with E-state index >= 15 is 0 Å². The maximum absolute atomic E-state index is 12.3. The summed E-state index contributed by atoms with van der Waals surface area (Å²) in [5.41, 5.74) is 1.23. The van der Waals surface area contributed by atoms with Gasteiger partial charge in [-0.05, 0) is 48.9 Å². The van der Waals surface area contributed by atoms with Crippen LogP contribution in [0.4, 0.5) is 0 Å². The number of sulfonamides is 1. The molecule has 0 radical (unpaired) electrons. The van der Waals surface area contributed by atoms with E-state index in [0.29, 0.717) is 23.6 Å². The fourth-order valence-corrected chi connectivity index (χ4v) is 3.97. The summed E-state index contributed by atoms with van der Waals surface area (Å²) in [5, 5.41) is 2.80. The molecule has 0 saturated carbocycles. The van der Waals surface area contributed by atoms with Gasteiger partial charge in [0.1, 0.15) is 0 Å². The molecule has 0 aliphatic carbocycles. The summed E-state index contributed by atoms with van der Waals surface area (Å²) in [5.74, 6) is 1.03. The van der Waals surface area contributed by atoms with Crippen LogP contribution in [0.2, 0.25) is 0 Å². The zero-order chi connectivity index (χ0) is 20.1. The molecule has 3 rings (SSSR count). The molecule has 2 aromatic carbocycles. The van der Waals surface area contributed by atoms with Crippen LogP contribution in [0.5, 0.6) is 11.5 Å². The first-order valence-electron chi connectivity index (χ1n) is 8.67. The average molecular weight is 406 g/mol. The summed E-state index contributed by atoms with van der Waals surface area (Å²) in [6, 6.07) is 10.8. The number of fused-ring (bicyclic) bond motifs is 1. The third kappa shape index (κ3) is 4.80. The van der Waals surface area contributed by atoms with Gasteiger partial charge in [0.2, 0.25) is 16.8 Å². The van der Waals surface area contributed by atoms with Gasteiger partial charge >= 0.3 is 0 Å². The Balaban J connectivity index is 1.60. The molecule has 8 nitrogen and oxygen atoms in total. The maximum atomic E-state index is 12.3. The number of amides is 1. The first-order valence-corrected chi connectivity index (χ1v) is 10.2. The predicted molar refractivity (Wildman–Crippen MR) is 102 cm³/mol. The number of methoxy groups -OCH3 is 1. The molecule has 150 valence electrons. The van der Waals surface area contributed by atoms with E-state index in [1.807, 2.05) is 12.1 Å². The minimum Gasteiger partial charge on any atom is -0.454 e. The Kier molecular flexibility index (Phi) is 6.18. The lowest BCUT2D eigenvalue weighted by Gasteiger charge is -2.13. The van der Waals surface area contributed by atoms with Gasteiger partial charge < -0.3 is 19.5 Å². The normalized spacial score (nSPS) is 13.9. The summed E-state index contributed by atoms with van der Waals surface area (Å²) in [7, 11) is -2.17. The van der Waals surface area contributed by atoms with Crippen molar-refractivity contribution in [1.82, 2.24) is 10.0 Å². The lowest BCUT2D eigenvalue weighted by atomic mass is 10.2. The SMILES string of the molecule is COC[C@@H](C)NS(=O)(=O)c1ccc(C(=O)NCc2ccc3c(c2)OCO3)cc1.